The molecule has 0 unspecified atom stereocenters. The maximum Gasteiger partial charge on any atom is 0.303 e. The Morgan fingerprint density at radius 1 is 0.970 bits per heavy atom. The molecule has 0 amide bonds. The van der Waals surface area contributed by atoms with Crippen molar-refractivity contribution in [2.24, 2.45) is 34.5 Å². The Balaban J connectivity index is 1.54. The summed E-state index contributed by atoms with van der Waals surface area (Å²) < 4.78 is 16.6. The van der Waals surface area contributed by atoms with Crippen LogP contribution in [0.4, 0.5) is 0 Å². The second-order valence-corrected chi connectivity index (χ2v) is 11.4. The maximum atomic E-state index is 11.8. The lowest BCUT2D eigenvalue weighted by molar-refractivity contribution is -0.165. The van der Waals surface area contributed by atoms with E-state index in [4.69, 9.17) is 14.2 Å². The molecule has 6 nitrogen and oxygen atoms in total. The molecule has 0 bridgehead atoms. The third-order valence-corrected chi connectivity index (χ3v) is 9.68. The third kappa shape index (κ3) is 4.46. The molecule has 0 heterocycles. The van der Waals surface area contributed by atoms with Gasteiger partial charge >= 0.3 is 17.9 Å². The van der Waals surface area contributed by atoms with E-state index >= 15 is 0 Å². The second kappa shape index (κ2) is 9.07. The predicted molar refractivity (Wildman–Crippen MR) is 123 cm³/mol. The average molecular weight is 461 g/mol. The first-order valence-corrected chi connectivity index (χ1v) is 12.7. The minimum atomic E-state index is -0.373. The Bertz CT molecular complexity index is 832. The fourth-order valence-corrected chi connectivity index (χ4v) is 8.26. The van der Waals surface area contributed by atoms with Gasteiger partial charge in [0.2, 0.25) is 0 Å². The third-order valence-electron chi connectivity index (χ3n) is 9.68. The van der Waals surface area contributed by atoms with Crippen LogP contribution >= 0.6 is 0 Å². The van der Waals surface area contributed by atoms with E-state index in [2.05, 4.69) is 19.9 Å². The van der Waals surface area contributed by atoms with Gasteiger partial charge in [0.25, 0.3) is 0 Å². The van der Waals surface area contributed by atoms with E-state index in [9.17, 15) is 14.4 Å². The van der Waals surface area contributed by atoms with Crippen LogP contribution in [-0.2, 0) is 28.6 Å². The molecule has 0 aromatic heterocycles. The van der Waals surface area contributed by atoms with Gasteiger partial charge in [-0.2, -0.15) is 0 Å². The molecule has 0 radical (unpaired) electrons. The van der Waals surface area contributed by atoms with Gasteiger partial charge in [0.15, 0.2) is 0 Å². The molecule has 33 heavy (non-hydrogen) atoms. The molecule has 3 fully saturated rings. The maximum absolute atomic E-state index is 11.8. The zero-order valence-corrected chi connectivity index (χ0v) is 20.9. The van der Waals surface area contributed by atoms with Crippen molar-refractivity contribution in [2.75, 3.05) is 6.61 Å². The zero-order chi connectivity index (χ0) is 24.0. The Morgan fingerprint density at radius 2 is 1.73 bits per heavy atom. The van der Waals surface area contributed by atoms with Crippen LogP contribution in [0.3, 0.4) is 0 Å². The van der Waals surface area contributed by atoms with Crippen molar-refractivity contribution in [3.63, 3.8) is 0 Å². The van der Waals surface area contributed by atoms with E-state index in [0.29, 0.717) is 17.8 Å². The van der Waals surface area contributed by atoms with Crippen LogP contribution in [0.15, 0.2) is 11.6 Å². The molecule has 0 N–H and O–H groups in total. The number of esters is 3. The van der Waals surface area contributed by atoms with Gasteiger partial charge in [-0.3, -0.25) is 14.4 Å². The number of hydrogen-bond acceptors (Lipinski definition) is 6. The molecule has 0 aromatic carbocycles. The van der Waals surface area contributed by atoms with Crippen LogP contribution in [-0.4, -0.2) is 36.7 Å². The Morgan fingerprint density at radius 3 is 2.39 bits per heavy atom. The van der Waals surface area contributed by atoms with E-state index in [0.717, 1.165) is 44.9 Å². The average Bonchev–Trinajstić information content (AvgIpc) is 3.08. The summed E-state index contributed by atoms with van der Waals surface area (Å²) in [5, 5.41) is 0. The molecule has 0 saturated heterocycles. The summed E-state index contributed by atoms with van der Waals surface area (Å²) in [7, 11) is 0. The summed E-state index contributed by atoms with van der Waals surface area (Å²) in [6.07, 6.45) is 10.5. The summed E-state index contributed by atoms with van der Waals surface area (Å²) in [5.41, 5.74) is 1.76. The first-order valence-electron chi connectivity index (χ1n) is 12.7. The number of carbonyl (C=O) groups is 3. The van der Waals surface area contributed by atoms with Gasteiger partial charge in [-0.1, -0.05) is 25.5 Å². The fraction of sp³-hybridized carbons (Fsp3) is 0.815. The molecular weight excluding hydrogens is 420 g/mol. The molecule has 4 aliphatic rings. The number of fused-ring (bicyclic) bond motifs is 5. The SMILES string of the molecule is CC(=O)OC[C@@H](OC(C)=O)[C@@H]1CC[C@@H]2[C@H]3CC=C4C[C@@H](OC(C)=O)CC[C@]4(C)[C@@H]3CC[C@@]21C. The predicted octanol–water partition coefficient (Wildman–Crippen LogP) is 4.99. The molecule has 184 valence electrons. The minimum absolute atomic E-state index is 0.0221. The van der Waals surface area contributed by atoms with Gasteiger partial charge in [0, 0.05) is 33.1 Å². The lowest BCUT2D eigenvalue weighted by Crippen LogP contribution is -2.52. The van der Waals surface area contributed by atoms with Crippen molar-refractivity contribution in [3.05, 3.63) is 11.6 Å². The number of ether oxygens (including phenoxy) is 3. The van der Waals surface area contributed by atoms with E-state index in [1.165, 1.54) is 32.8 Å². The van der Waals surface area contributed by atoms with Gasteiger partial charge in [0.05, 0.1) is 0 Å². The summed E-state index contributed by atoms with van der Waals surface area (Å²) in [6.45, 7) is 9.31. The van der Waals surface area contributed by atoms with Crippen molar-refractivity contribution < 1.29 is 28.6 Å². The molecule has 0 spiro atoms. The fourth-order valence-electron chi connectivity index (χ4n) is 8.26. The highest BCUT2D eigenvalue weighted by Gasteiger charge is 2.60. The normalized spacial score (nSPS) is 40.4. The van der Waals surface area contributed by atoms with Crippen LogP contribution in [0.1, 0.15) is 86.0 Å². The van der Waals surface area contributed by atoms with Crippen molar-refractivity contribution in [1.29, 1.82) is 0 Å². The zero-order valence-electron chi connectivity index (χ0n) is 20.9. The number of carbonyl (C=O) groups excluding carboxylic acids is 3. The smallest absolute Gasteiger partial charge is 0.303 e. The van der Waals surface area contributed by atoms with Crippen molar-refractivity contribution >= 4 is 17.9 Å². The largest absolute Gasteiger partial charge is 0.462 e. The minimum Gasteiger partial charge on any atom is -0.462 e. The molecule has 6 heteroatoms. The standard InChI is InChI=1S/C27H40O6/c1-16(28)31-15-25(33-18(3)30)24-9-8-22-21-7-6-19-14-20(32-17(2)29)10-12-26(19,4)23(21)11-13-27(22,24)5/h6,20-25H,7-15H2,1-5H3/t20-,21+,22+,23+,24-,25+,26-,27-/m0/s1. The molecule has 0 aliphatic heterocycles. The van der Waals surface area contributed by atoms with Gasteiger partial charge in [-0.25, -0.2) is 0 Å². The molecule has 8 atom stereocenters. The van der Waals surface area contributed by atoms with Gasteiger partial charge < -0.3 is 14.2 Å². The lowest BCUT2D eigenvalue weighted by Gasteiger charge is -2.58. The van der Waals surface area contributed by atoms with Gasteiger partial charge in [-0.05, 0) is 73.5 Å². The van der Waals surface area contributed by atoms with E-state index < -0.39 is 0 Å². The topological polar surface area (TPSA) is 78.9 Å². The number of hydrogen-bond donors (Lipinski definition) is 0. The Hall–Kier alpha value is -1.85. The van der Waals surface area contributed by atoms with Crippen LogP contribution in [0.2, 0.25) is 0 Å². The molecule has 0 aromatic rings. The van der Waals surface area contributed by atoms with Crippen molar-refractivity contribution in [1.82, 2.24) is 0 Å². The summed E-state index contributed by atoms with van der Waals surface area (Å²) in [5.74, 6) is 1.24. The molecular formula is C27H40O6. The summed E-state index contributed by atoms with van der Waals surface area (Å²) in [4.78, 5) is 34.8. The molecule has 3 saturated carbocycles. The van der Waals surface area contributed by atoms with E-state index in [1.54, 1.807) is 0 Å². The lowest BCUT2D eigenvalue weighted by atomic mass is 9.47. The highest BCUT2D eigenvalue weighted by atomic mass is 16.6. The van der Waals surface area contributed by atoms with Crippen LogP contribution in [0.5, 0.6) is 0 Å². The van der Waals surface area contributed by atoms with E-state index in [-0.39, 0.29) is 53.5 Å². The summed E-state index contributed by atoms with van der Waals surface area (Å²) in [6, 6.07) is 0. The quantitative estimate of drug-likeness (QED) is 0.327. The van der Waals surface area contributed by atoms with Crippen LogP contribution < -0.4 is 0 Å². The highest BCUT2D eigenvalue weighted by Crippen LogP contribution is 2.66. The van der Waals surface area contributed by atoms with E-state index in [1.807, 2.05) is 0 Å². The first kappa shape index (κ1) is 24.3. The summed E-state index contributed by atoms with van der Waals surface area (Å²) >= 11 is 0. The molecule has 4 aliphatic carbocycles. The first-order chi connectivity index (χ1) is 15.5. The van der Waals surface area contributed by atoms with Gasteiger partial charge in [0.1, 0.15) is 18.8 Å². The van der Waals surface area contributed by atoms with Gasteiger partial charge in [-0.15, -0.1) is 0 Å². The molecule has 4 rings (SSSR count). The Kier molecular flexibility index (Phi) is 6.67. The number of rotatable bonds is 5. The van der Waals surface area contributed by atoms with Crippen LogP contribution in [0, 0.1) is 34.5 Å². The monoisotopic (exact) mass is 460 g/mol. The number of allylic oxidation sites excluding steroid dienone is 1. The highest BCUT2D eigenvalue weighted by molar-refractivity contribution is 5.67. The second-order valence-electron chi connectivity index (χ2n) is 11.4. The van der Waals surface area contributed by atoms with Crippen molar-refractivity contribution in [2.45, 2.75) is 98.2 Å². The van der Waals surface area contributed by atoms with Crippen molar-refractivity contribution in [3.8, 4) is 0 Å². The van der Waals surface area contributed by atoms with Crippen LogP contribution in [0.25, 0.3) is 0 Å². The Labute approximate surface area is 197 Å².